The van der Waals surface area contributed by atoms with Crippen molar-refractivity contribution in [3.63, 3.8) is 0 Å². The van der Waals surface area contributed by atoms with Crippen molar-refractivity contribution in [2.45, 2.75) is 46.0 Å². The Labute approximate surface area is 111 Å². The van der Waals surface area contributed by atoms with Crippen LogP contribution in [0.2, 0.25) is 0 Å². The van der Waals surface area contributed by atoms with E-state index in [1.54, 1.807) is 0 Å². The van der Waals surface area contributed by atoms with Crippen molar-refractivity contribution in [3.8, 4) is 0 Å². The van der Waals surface area contributed by atoms with Crippen molar-refractivity contribution in [2.75, 3.05) is 6.61 Å². The van der Waals surface area contributed by atoms with Crippen LogP contribution >= 0.6 is 0 Å². The van der Waals surface area contributed by atoms with Crippen LogP contribution in [0.3, 0.4) is 0 Å². The minimum absolute atomic E-state index is 0.0696. The summed E-state index contributed by atoms with van der Waals surface area (Å²) in [6.07, 6.45) is 1.10. The lowest BCUT2D eigenvalue weighted by Crippen LogP contribution is -2.22. The van der Waals surface area contributed by atoms with Crippen LogP contribution in [0, 0.1) is 5.92 Å². The Morgan fingerprint density at radius 2 is 2.06 bits per heavy atom. The SMILES string of the molecule is CC(C)c1cccc(CB2OCC(C(C)C)O2)c1. The van der Waals surface area contributed by atoms with Gasteiger partial charge in [-0.3, -0.25) is 0 Å². The summed E-state index contributed by atoms with van der Waals surface area (Å²) in [5.74, 6) is 1.09. The van der Waals surface area contributed by atoms with E-state index in [4.69, 9.17) is 9.31 Å². The van der Waals surface area contributed by atoms with Crippen molar-refractivity contribution in [1.82, 2.24) is 0 Å². The number of rotatable bonds is 4. The maximum Gasteiger partial charge on any atom is 0.461 e. The van der Waals surface area contributed by atoms with Crippen LogP contribution in [0.5, 0.6) is 0 Å². The van der Waals surface area contributed by atoms with Crippen LogP contribution in [0.1, 0.15) is 44.7 Å². The van der Waals surface area contributed by atoms with Crippen molar-refractivity contribution in [2.24, 2.45) is 5.92 Å². The second kappa shape index (κ2) is 5.90. The van der Waals surface area contributed by atoms with Gasteiger partial charge in [0.15, 0.2) is 0 Å². The van der Waals surface area contributed by atoms with Gasteiger partial charge in [-0.1, -0.05) is 52.0 Å². The summed E-state index contributed by atoms with van der Waals surface area (Å²) in [5.41, 5.74) is 2.68. The summed E-state index contributed by atoms with van der Waals surface area (Å²) < 4.78 is 11.6. The van der Waals surface area contributed by atoms with Gasteiger partial charge in [0, 0.05) is 6.32 Å². The fraction of sp³-hybridized carbons (Fsp3) is 0.600. The van der Waals surface area contributed by atoms with E-state index in [0.717, 1.165) is 12.9 Å². The topological polar surface area (TPSA) is 18.5 Å². The minimum atomic E-state index is -0.0696. The predicted molar refractivity (Wildman–Crippen MR) is 75.7 cm³/mol. The molecule has 1 aliphatic rings. The van der Waals surface area contributed by atoms with Crippen LogP contribution in [-0.4, -0.2) is 19.8 Å². The van der Waals surface area contributed by atoms with E-state index in [0.29, 0.717) is 11.8 Å². The molecule has 98 valence electrons. The van der Waals surface area contributed by atoms with E-state index in [1.165, 1.54) is 11.1 Å². The average Bonchev–Trinajstić information content (AvgIpc) is 2.78. The zero-order valence-electron chi connectivity index (χ0n) is 11.8. The van der Waals surface area contributed by atoms with Gasteiger partial charge >= 0.3 is 7.12 Å². The third-order valence-corrected chi connectivity index (χ3v) is 3.54. The van der Waals surface area contributed by atoms with E-state index in [1.807, 2.05) is 0 Å². The molecule has 2 nitrogen and oxygen atoms in total. The molecular weight excluding hydrogens is 223 g/mol. The minimum Gasteiger partial charge on any atom is -0.408 e. The summed E-state index contributed by atoms with van der Waals surface area (Å²) in [4.78, 5) is 0. The third-order valence-electron chi connectivity index (χ3n) is 3.54. The van der Waals surface area contributed by atoms with Gasteiger partial charge in [-0.15, -0.1) is 0 Å². The van der Waals surface area contributed by atoms with Gasteiger partial charge in [0.2, 0.25) is 0 Å². The van der Waals surface area contributed by atoms with E-state index >= 15 is 0 Å². The molecule has 1 atom stereocenters. The lowest BCUT2D eigenvalue weighted by atomic mass is 9.80. The first-order valence-corrected chi connectivity index (χ1v) is 6.92. The molecule has 1 fully saturated rings. The van der Waals surface area contributed by atoms with Crippen LogP contribution in [-0.2, 0) is 15.6 Å². The molecule has 0 radical (unpaired) electrons. The van der Waals surface area contributed by atoms with Gasteiger partial charge in [0.25, 0.3) is 0 Å². The molecule has 1 aliphatic heterocycles. The first-order chi connectivity index (χ1) is 8.56. The summed E-state index contributed by atoms with van der Waals surface area (Å²) in [5, 5.41) is 0. The van der Waals surface area contributed by atoms with E-state index in [-0.39, 0.29) is 13.2 Å². The molecule has 0 bridgehead atoms. The second-order valence-electron chi connectivity index (χ2n) is 5.79. The summed E-state index contributed by atoms with van der Waals surface area (Å²) in [7, 11) is -0.0696. The molecule has 0 N–H and O–H groups in total. The smallest absolute Gasteiger partial charge is 0.408 e. The molecule has 1 aromatic rings. The molecule has 0 aliphatic carbocycles. The van der Waals surface area contributed by atoms with Crippen LogP contribution < -0.4 is 0 Å². The van der Waals surface area contributed by atoms with Gasteiger partial charge in [-0.05, 0) is 23.0 Å². The monoisotopic (exact) mass is 246 g/mol. The second-order valence-corrected chi connectivity index (χ2v) is 5.79. The molecule has 1 aromatic carbocycles. The zero-order chi connectivity index (χ0) is 13.1. The number of hydrogen-bond donors (Lipinski definition) is 0. The van der Waals surface area contributed by atoms with Gasteiger partial charge in [0.05, 0.1) is 12.7 Å². The van der Waals surface area contributed by atoms with Crippen molar-refractivity contribution in [1.29, 1.82) is 0 Å². The molecule has 0 amide bonds. The molecule has 1 heterocycles. The standard InChI is InChI=1S/C15H23BO2/c1-11(2)14-7-5-6-13(8-14)9-16-17-10-15(18-16)12(3)4/h5-8,11-12,15H,9-10H2,1-4H3. The Balaban J connectivity index is 1.96. The van der Waals surface area contributed by atoms with Gasteiger partial charge in [0.1, 0.15) is 0 Å². The van der Waals surface area contributed by atoms with E-state index in [2.05, 4.69) is 52.0 Å². The maximum absolute atomic E-state index is 5.90. The highest BCUT2D eigenvalue weighted by Crippen LogP contribution is 2.20. The van der Waals surface area contributed by atoms with E-state index < -0.39 is 0 Å². The normalized spacial score (nSPS) is 20.1. The maximum atomic E-state index is 5.90. The Kier molecular flexibility index (Phi) is 4.47. The zero-order valence-corrected chi connectivity index (χ0v) is 11.8. The van der Waals surface area contributed by atoms with Crippen molar-refractivity contribution < 1.29 is 9.31 Å². The Morgan fingerprint density at radius 1 is 1.28 bits per heavy atom. The molecule has 0 spiro atoms. The molecule has 1 saturated heterocycles. The number of benzene rings is 1. The Hall–Kier alpha value is -0.795. The molecule has 0 saturated carbocycles. The lowest BCUT2D eigenvalue weighted by Gasteiger charge is -2.13. The van der Waals surface area contributed by atoms with E-state index in [9.17, 15) is 0 Å². The molecule has 18 heavy (non-hydrogen) atoms. The average molecular weight is 246 g/mol. The quantitative estimate of drug-likeness (QED) is 0.757. The van der Waals surface area contributed by atoms with Crippen molar-refractivity contribution in [3.05, 3.63) is 35.4 Å². The molecule has 3 heteroatoms. The van der Waals surface area contributed by atoms with Crippen LogP contribution in [0.15, 0.2) is 24.3 Å². The first kappa shape index (κ1) is 13.6. The highest BCUT2D eigenvalue weighted by Gasteiger charge is 2.32. The summed E-state index contributed by atoms with van der Waals surface area (Å²) in [6, 6.07) is 8.72. The predicted octanol–water partition coefficient (Wildman–Crippen LogP) is 3.45. The van der Waals surface area contributed by atoms with Crippen molar-refractivity contribution >= 4 is 7.12 Å². The Bertz CT molecular complexity index is 390. The summed E-state index contributed by atoms with van der Waals surface area (Å²) in [6.45, 7) is 9.52. The van der Waals surface area contributed by atoms with Gasteiger partial charge < -0.3 is 9.31 Å². The molecule has 2 rings (SSSR count). The molecular formula is C15H23BO2. The number of hydrogen-bond acceptors (Lipinski definition) is 2. The third kappa shape index (κ3) is 3.36. The largest absolute Gasteiger partial charge is 0.461 e. The fourth-order valence-electron chi connectivity index (χ4n) is 2.20. The van der Waals surface area contributed by atoms with Gasteiger partial charge in [-0.2, -0.15) is 0 Å². The Morgan fingerprint density at radius 3 is 2.67 bits per heavy atom. The van der Waals surface area contributed by atoms with Gasteiger partial charge in [-0.25, -0.2) is 0 Å². The molecule has 1 unspecified atom stereocenters. The summed E-state index contributed by atoms with van der Waals surface area (Å²) >= 11 is 0. The lowest BCUT2D eigenvalue weighted by molar-refractivity contribution is 0.177. The highest BCUT2D eigenvalue weighted by molar-refractivity contribution is 6.44. The van der Waals surface area contributed by atoms with Crippen LogP contribution in [0.4, 0.5) is 0 Å². The molecule has 0 aromatic heterocycles. The fourth-order valence-corrected chi connectivity index (χ4v) is 2.20. The van der Waals surface area contributed by atoms with Crippen LogP contribution in [0.25, 0.3) is 0 Å². The highest BCUT2D eigenvalue weighted by atomic mass is 16.6. The first-order valence-electron chi connectivity index (χ1n) is 6.92.